The Morgan fingerprint density at radius 3 is 1.35 bits per heavy atom. The van der Waals surface area contributed by atoms with E-state index >= 15 is 0 Å². The van der Waals surface area contributed by atoms with Crippen LogP contribution in [0.5, 0.6) is 0 Å². The van der Waals surface area contributed by atoms with Gasteiger partial charge in [-0.1, -0.05) is 84.0 Å². The van der Waals surface area contributed by atoms with E-state index < -0.39 is 79.1 Å². The zero-order chi connectivity index (χ0) is 41.4. The number of hydrogen-bond donors (Lipinski definition) is 11. The third-order valence-corrected chi connectivity index (χ3v) is 9.36. The second-order valence-corrected chi connectivity index (χ2v) is 14.3. The first kappa shape index (κ1) is 51.6. The average molecular weight is 788 g/mol. The summed E-state index contributed by atoms with van der Waals surface area (Å²) in [5.41, 5.74) is 11.1. The van der Waals surface area contributed by atoms with Gasteiger partial charge in [0.1, 0.15) is 30.2 Å². The second kappa shape index (κ2) is 32.8. The van der Waals surface area contributed by atoms with Gasteiger partial charge in [-0.3, -0.25) is 24.0 Å². The maximum Gasteiger partial charge on any atom is 0.328 e. The summed E-state index contributed by atoms with van der Waals surface area (Å²) in [5.74, 6) is -5.48. The van der Waals surface area contributed by atoms with Gasteiger partial charge >= 0.3 is 5.97 Å². The van der Waals surface area contributed by atoms with Gasteiger partial charge < -0.3 is 58.5 Å². The van der Waals surface area contributed by atoms with Gasteiger partial charge in [0.15, 0.2) is 0 Å². The van der Waals surface area contributed by atoms with Crippen LogP contribution in [-0.2, 0) is 28.8 Å². The number of carboxylic acids is 1. The number of aliphatic hydroxyl groups excluding tert-OH is 3. The van der Waals surface area contributed by atoms with E-state index in [1.54, 1.807) is 0 Å². The quantitative estimate of drug-likeness (QED) is 0.0394. The van der Waals surface area contributed by atoms with E-state index in [0.717, 1.165) is 19.3 Å². The predicted octanol–water partition coefficient (Wildman–Crippen LogP) is 0.600. The van der Waals surface area contributed by atoms with Gasteiger partial charge in [0, 0.05) is 6.42 Å². The zero-order valence-electron chi connectivity index (χ0n) is 33.3. The molecule has 0 rings (SSSR count). The van der Waals surface area contributed by atoms with Crippen molar-refractivity contribution in [3.8, 4) is 0 Å². The summed E-state index contributed by atoms with van der Waals surface area (Å²) in [5, 5.41) is 50.8. The Kier molecular flexibility index (Phi) is 30.8. The number of nitrogens with two attached hydrogens (primary N) is 2. The van der Waals surface area contributed by atoms with Crippen molar-refractivity contribution in [3.05, 3.63) is 0 Å². The van der Waals surface area contributed by atoms with E-state index in [4.69, 9.17) is 11.5 Å². The zero-order valence-corrected chi connectivity index (χ0v) is 33.3. The topological polar surface area (TPSA) is 296 Å². The molecule has 0 aliphatic rings. The molecule has 320 valence electrons. The van der Waals surface area contributed by atoms with Crippen molar-refractivity contribution in [1.82, 2.24) is 26.6 Å². The Morgan fingerprint density at radius 1 is 0.509 bits per heavy atom. The van der Waals surface area contributed by atoms with Crippen LogP contribution >= 0.6 is 0 Å². The van der Waals surface area contributed by atoms with Crippen molar-refractivity contribution in [1.29, 1.82) is 0 Å². The van der Waals surface area contributed by atoms with Crippen LogP contribution in [0.2, 0.25) is 0 Å². The minimum absolute atomic E-state index is 0.0294. The lowest BCUT2D eigenvalue weighted by molar-refractivity contribution is -0.143. The molecule has 17 heteroatoms. The molecule has 0 saturated heterocycles. The Bertz CT molecular complexity index is 1100. The maximum atomic E-state index is 13.4. The van der Waals surface area contributed by atoms with Gasteiger partial charge in [0.25, 0.3) is 0 Å². The van der Waals surface area contributed by atoms with Crippen molar-refractivity contribution >= 4 is 35.5 Å². The summed E-state index contributed by atoms with van der Waals surface area (Å²) < 4.78 is 0. The number of carbonyl (C=O) groups excluding carboxylic acids is 5. The van der Waals surface area contributed by atoms with Crippen molar-refractivity contribution < 1.29 is 49.2 Å². The molecule has 0 aromatic heterocycles. The summed E-state index contributed by atoms with van der Waals surface area (Å²) in [4.78, 5) is 76.7. The molecule has 13 N–H and O–H groups in total. The summed E-state index contributed by atoms with van der Waals surface area (Å²) in [6, 6.07) is -7.18. The standard InChI is InChI=1S/C38H73N7O10/c1-3-4-5-6-7-8-9-10-11-12-13-14-15-22-32(49)41-28(20-16-18-23-39)35(51)45-33(27(2)48)37(53)43-30(25-46)36(52)42-29(21-17-19-24-40)34(50)44-31(26-47)38(54)55/h27-31,33,46-48H,3-26,39-40H2,1-2H3,(H,41,49)(H,42,52)(H,43,53)(H,44,50)(H,45,51)(H,54,55). The molecule has 0 spiro atoms. The van der Waals surface area contributed by atoms with Gasteiger partial charge in [-0.05, 0) is 65.0 Å². The number of carbonyl (C=O) groups is 6. The van der Waals surface area contributed by atoms with E-state index in [1.807, 2.05) is 0 Å². The summed E-state index contributed by atoms with van der Waals surface area (Å²) in [6.07, 6.45) is 16.2. The molecule has 0 fully saturated rings. The lowest BCUT2D eigenvalue weighted by atomic mass is 10.0. The van der Waals surface area contributed by atoms with E-state index in [1.165, 1.54) is 64.7 Å². The molecule has 17 nitrogen and oxygen atoms in total. The number of nitrogens with one attached hydrogen (secondary N) is 5. The van der Waals surface area contributed by atoms with Crippen LogP contribution in [0, 0.1) is 0 Å². The lowest BCUT2D eigenvalue weighted by Crippen LogP contribution is -2.61. The SMILES string of the molecule is CCCCCCCCCCCCCCCC(=O)NC(CCCCN)C(=O)NC(C(=O)NC(CO)C(=O)NC(CCCCN)C(=O)NC(CO)C(=O)O)C(C)O. The summed E-state index contributed by atoms with van der Waals surface area (Å²) in [7, 11) is 0. The monoisotopic (exact) mass is 788 g/mol. The third-order valence-electron chi connectivity index (χ3n) is 9.36. The van der Waals surface area contributed by atoms with Crippen molar-refractivity contribution in [2.24, 2.45) is 11.5 Å². The highest BCUT2D eigenvalue weighted by molar-refractivity contribution is 5.96. The number of aliphatic carboxylic acids is 1. The Labute approximate surface area is 327 Å². The molecule has 0 aliphatic heterocycles. The minimum Gasteiger partial charge on any atom is -0.480 e. The van der Waals surface area contributed by atoms with Crippen molar-refractivity contribution in [2.45, 2.75) is 179 Å². The summed E-state index contributed by atoms with van der Waals surface area (Å²) >= 11 is 0. The number of carboxylic acid groups (broad SMARTS) is 1. The molecule has 0 bridgehead atoms. The van der Waals surface area contributed by atoms with E-state index in [2.05, 4.69) is 33.5 Å². The molecular weight excluding hydrogens is 714 g/mol. The van der Waals surface area contributed by atoms with E-state index in [-0.39, 0.29) is 31.7 Å². The Morgan fingerprint density at radius 2 is 0.909 bits per heavy atom. The number of rotatable bonds is 35. The van der Waals surface area contributed by atoms with Gasteiger partial charge in [-0.25, -0.2) is 4.79 Å². The van der Waals surface area contributed by atoms with Crippen LogP contribution in [0.15, 0.2) is 0 Å². The van der Waals surface area contributed by atoms with Gasteiger partial charge in [-0.2, -0.15) is 0 Å². The number of unbranched alkanes of at least 4 members (excludes halogenated alkanes) is 14. The van der Waals surface area contributed by atoms with Crippen LogP contribution in [0.25, 0.3) is 0 Å². The largest absolute Gasteiger partial charge is 0.480 e. The third kappa shape index (κ3) is 24.7. The predicted molar refractivity (Wildman–Crippen MR) is 209 cm³/mol. The van der Waals surface area contributed by atoms with E-state index in [0.29, 0.717) is 38.6 Å². The molecule has 0 aliphatic carbocycles. The minimum atomic E-state index is -1.64. The highest BCUT2D eigenvalue weighted by atomic mass is 16.4. The normalized spacial score (nSPS) is 14.5. The molecular formula is C38H73N7O10. The lowest BCUT2D eigenvalue weighted by Gasteiger charge is -2.27. The first-order valence-corrected chi connectivity index (χ1v) is 20.4. The van der Waals surface area contributed by atoms with Crippen LogP contribution in [0.1, 0.15) is 142 Å². The highest BCUT2D eigenvalue weighted by Crippen LogP contribution is 2.13. The van der Waals surface area contributed by atoms with Crippen molar-refractivity contribution in [2.75, 3.05) is 26.3 Å². The molecule has 6 atom stereocenters. The number of amides is 5. The molecule has 0 heterocycles. The number of aliphatic hydroxyl groups is 3. The maximum absolute atomic E-state index is 13.4. The van der Waals surface area contributed by atoms with Crippen molar-refractivity contribution in [3.63, 3.8) is 0 Å². The average Bonchev–Trinajstić information content (AvgIpc) is 3.15. The highest BCUT2D eigenvalue weighted by Gasteiger charge is 2.33. The smallest absolute Gasteiger partial charge is 0.328 e. The Balaban J connectivity index is 5.25. The molecule has 0 saturated carbocycles. The number of hydrogen-bond acceptors (Lipinski definition) is 11. The fourth-order valence-electron chi connectivity index (χ4n) is 5.94. The van der Waals surface area contributed by atoms with Gasteiger partial charge in [-0.15, -0.1) is 0 Å². The molecule has 0 aromatic rings. The van der Waals surface area contributed by atoms with Crippen LogP contribution in [0.3, 0.4) is 0 Å². The fraction of sp³-hybridized carbons (Fsp3) is 0.842. The fourth-order valence-corrected chi connectivity index (χ4v) is 5.94. The van der Waals surface area contributed by atoms with Gasteiger partial charge in [0.2, 0.25) is 29.5 Å². The Hall–Kier alpha value is -3.38. The molecule has 0 aromatic carbocycles. The summed E-state index contributed by atoms with van der Waals surface area (Å²) in [6.45, 7) is 2.30. The first-order chi connectivity index (χ1) is 26.4. The van der Waals surface area contributed by atoms with Gasteiger partial charge in [0.05, 0.1) is 19.3 Å². The van der Waals surface area contributed by atoms with Crippen LogP contribution in [0.4, 0.5) is 0 Å². The molecule has 6 unspecified atom stereocenters. The van der Waals surface area contributed by atoms with Crippen LogP contribution < -0.4 is 38.1 Å². The molecule has 5 amide bonds. The molecule has 0 radical (unpaired) electrons. The van der Waals surface area contributed by atoms with Crippen LogP contribution in [-0.4, -0.2) is 119 Å². The van der Waals surface area contributed by atoms with E-state index in [9.17, 15) is 49.2 Å². The second-order valence-electron chi connectivity index (χ2n) is 14.3. The molecule has 55 heavy (non-hydrogen) atoms. The first-order valence-electron chi connectivity index (χ1n) is 20.4.